The summed E-state index contributed by atoms with van der Waals surface area (Å²) in [4.78, 5) is 4.73. The zero-order valence-electron chi connectivity index (χ0n) is 8.71. The first-order valence-corrected chi connectivity index (χ1v) is 6.82. The number of rotatable bonds is 3. The van der Waals surface area contributed by atoms with Gasteiger partial charge in [0.2, 0.25) is 0 Å². The average molecular weight is 273 g/mol. The Morgan fingerprint density at radius 3 is 2.65 bits per heavy atom. The van der Waals surface area contributed by atoms with Crippen LogP contribution >= 0.6 is 11.5 Å². The van der Waals surface area contributed by atoms with Crippen molar-refractivity contribution in [3.8, 4) is 10.6 Å². The second-order valence-corrected chi connectivity index (χ2v) is 5.58. The highest BCUT2D eigenvalue weighted by Gasteiger charge is 2.20. The molecule has 0 aliphatic heterocycles. The summed E-state index contributed by atoms with van der Waals surface area (Å²) < 4.78 is 39.2. The Morgan fingerprint density at radius 1 is 1.35 bits per heavy atom. The van der Waals surface area contributed by atoms with E-state index in [9.17, 15) is 12.9 Å². The van der Waals surface area contributed by atoms with Gasteiger partial charge >= 0.3 is 0 Å². The molecule has 0 amide bonds. The number of nitrogens with zero attached hydrogens (tertiary/aromatic N) is 2. The molecule has 0 fully saturated rings. The maximum atomic E-state index is 12.3. The van der Waals surface area contributed by atoms with Gasteiger partial charge in [0, 0.05) is 5.56 Å². The van der Waals surface area contributed by atoms with Crippen molar-refractivity contribution in [1.29, 1.82) is 0 Å². The van der Waals surface area contributed by atoms with E-state index in [0.717, 1.165) is 16.5 Å². The lowest BCUT2D eigenvalue weighted by Crippen LogP contribution is -2.15. The first kappa shape index (κ1) is 12.1. The van der Waals surface area contributed by atoms with Crippen LogP contribution in [0.3, 0.4) is 0 Å². The molecule has 0 bridgehead atoms. The van der Waals surface area contributed by atoms with Crippen LogP contribution in [0.4, 0.5) is 4.48 Å². The second kappa shape index (κ2) is 4.47. The molecular weight excluding hydrogens is 265 g/mol. The highest BCUT2D eigenvalue weighted by molar-refractivity contribution is 7.89. The first-order chi connectivity index (χ1) is 8.04. The highest BCUT2D eigenvalue weighted by atomic mass is 32.2. The van der Waals surface area contributed by atoms with Gasteiger partial charge in [-0.1, -0.05) is 18.2 Å². The van der Waals surface area contributed by atoms with E-state index in [2.05, 4.69) is 9.36 Å². The van der Waals surface area contributed by atoms with Gasteiger partial charge in [-0.3, -0.25) is 0 Å². The number of halogens is 1. The first-order valence-electron chi connectivity index (χ1n) is 4.57. The molecule has 0 aliphatic rings. The second-order valence-electron chi connectivity index (χ2n) is 3.22. The Morgan fingerprint density at radius 2 is 2.06 bits per heavy atom. The van der Waals surface area contributed by atoms with E-state index in [4.69, 9.17) is 0 Å². The largest absolute Gasteiger partial charge is 0.267 e. The van der Waals surface area contributed by atoms with Crippen molar-refractivity contribution in [3.63, 3.8) is 0 Å². The Kier molecular flexibility index (Phi) is 3.18. The maximum absolute atomic E-state index is 12.3. The van der Waals surface area contributed by atoms with E-state index in [1.165, 1.54) is 12.1 Å². The molecule has 0 atom stereocenters. The van der Waals surface area contributed by atoms with Gasteiger partial charge in [0.1, 0.15) is 10.8 Å². The van der Waals surface area contributed by atoms with Crippen molar-refractivity contribution in [1.82, 2.24) is 14.3 Å². The lowest BCUT2D eigenvalue weighted by Gasteiger charge is -2.04. The molecule has 0 spiro atoms. The Bertz CT molecular complexity index is 639. The lowest BCUT2D eigenvalue weighted by atomic mass is 10.2. The SMILES string of the molecule is Cc1nsc(-c2ccccc2S(=O)(=O)NF)n1. The van der Waals surface area contributed by atoms with E-state index in [0.29, 0.717) is 16.4 Å². The molecule has 0 saturated carbocycles. The molecule has 1 aromatic heterocycles. The molecule has 5 nitrogen and oxygen atoms in total. The normalized spacial score (nSPS) is 11.6. The van der Waals surface area contributed by atoms with Gasteiger partial charge in [0.05, 0.1) is 4.90 Å². The summed E-state index contributed by atoms with van der Waals surface area (Å²) in [6.07, 6.45) is 0. The van der Waals surface area contributed by atoms with Crippen LogP contribution in [0.15, 0.2) is 29.2 Å². The van der Waals surface area contributed by atoms with E-state index < -0.39 is 10.0 Å². The predicted octanol–water partition coefficient (Wildman–Crippen LogP) is 1.68. The summed E-state index contributed by atoms with van der Waals surface area (Å²) in [6, 6.07) is 6.04. The molecule has 2 aromatic rings. The van der Waals surface area contributed by atoms with Crippen molar-refractivity contribution in [2.75, 3.05) is 0 Å². The third-order valence-corrected chi connectivity index (χ3v) is 4.01. The van der Waals surface area contributed by atoms with Gasteiger partial charge in [0.25, 0.3) is 10.0 Å². The Hall–Kier alpha value is -1.38. The van der Waals surface area contributed by atoms with E-state index in [-0.39, 0.29) is 4.90 Å². The zero-order chi connectivity index (χ0) is 12.5. The van der Waals surface area contributed by atoms with Gasteiger partial charge in [-0.2, -0.15) is 4.37 Å². The van der Waals surface area contributed by atoms with E-state index in [1.807, 2.05) is 0 Å². The smallest absolute Gasteiger partial charge is 0.220 e. The third kappa shape index (κ3) is 2.33. The molecule has 17 heavy (non-hydrogen) atoms. The number of aromatic nitrogens is 2. The molecule has 1 N–H and O–H groups in total. The van der Waals surface area contributed by atoms with Crippen LogP contribution in [0, 0.1) is 6.92 Å². The monoisotopic (exact) mass is 273 g/mol. The number of sulfonamides is 1. The zero-order valence-corrected chi connectivity index (χ0v) is 10.3. The highest BCUT2D eigenvalue weighted by Crippen LogP contribution is 2.28. The topological polar surface area (TPSA) is 72.0 Å². The molecule has 2 rings (SSSR count). The van der Waals surface area contributed by atoms with Crippen molar-refractivity contribution in [3.05, 3.63) is 30.1 Å². The van der Waals surface area contributed by atoms with Crippen molar-refractivity contribution < 1.29 is 12.9 Å². The summed E-state index contributed by atoms with van der Waals surface area (Å²) >= 11 is 1.07. The Labute approximate surface area is 101 Å². The minimum absolute atomic E-state index is 0.154. The number of aryl methyl sites for hydroxylation is 1. The fourth-order valence-electron chi connectivity index (χ4n) is 1.33. The van der Waals surface area contributed by atoms with Gasteiger partial charge in [-0.15, -0.1) is 4.48 Å². The average Bonchev–Trinajstić information content (AvgIpc) is 2.76. The van der Waals surface area contributed by atoms with Crippen LogP contribution in [0.25, 0.3) is 10.6 Å². The Balaban J connectivity index is 2.64. The summed E-state index contributed by atoms with van der Waals surface area (Å²) in [5.74, 6) is 0.547. The van der Waals surface area contributed by atoms with Crippen LogP contribution in [-0.4, -0.2) is 17.8 Å². The fraction of sp³-hybridized carbons (Fsp3) is 0.111. The quantitative estimate of drug-likeness (QED) is 0.864. The summed E-state index contributed by atoms with van der Waals surface area (Å²) in [7, 11) is -4.15. The standard InChI is InChI=1S/C9H8FN3O2S2/c1-6-11-9(16-12-6)7-4-2-3-5-8(7)17(14,15)13-10/h2-5,13H,1H3. The molecule has 8 heteroatoms. The van der Waals surface area contributed by atoms with Gasteiger partial charge in [-0.05, 0) is 29.5 Å². The molecule has 90 valence electrons. The fourth-order valence-corrected chi connectivity index (χ4v) is 2.89. The van der Waals surface area contributed by atoms with Gasteiger partial charge < -0.3 is 0 Å². The van der Waals surface area contributed by atoms with Crippen LogP contribution < -0.4 is 4.94 Å². The molecule has 0 saturated heterocycles. The maximum Gasteiger partial charge on any atom is 0.267 e. The van der Waals surface area contributed by atoms with E-state index >= 15 is 0 Å². The summed E-state index contributed by atoms with van der Waals surface area (Å²) in [6.45, 7) is 1.70. The van der Waals surface area contributed by atoms with Gasteiger partial charge in [-0.25, -0.2) is 13.4 Å². The summed E-state index contributed by atoms with van der Waals surface area (Å²) in [5.41, 5.74) is 0.336. The van der Waals surface area contributed by atoms with Crippen LogP contribution in [-0.2, 0) is 10.0 Å². The minimum atomic E-state index is -4.15. The molecule has 1 aromatic carbocycles. The summed E-state index contributed by atoms with van der Waals surface area (Å²) in [5, 5.41) is 0.442. The molecule has 0 radical (unpaired) electrons. The van der Waals surface area contributed by atoms with Crippen LogP contribution in [0.1, 0.15) is 5.82 Å². The number of hydrogen-bond donors (Lipinski definition) is 1. The number of nitrogens with one attached hydrogen (secondary N) is 1. The minimum Gasteiger partial charge on any atom is -0.220 e. The van der Waals surface area contributed by atoms with E-state index in [1.54, 1.807) is 19.1 Å². The molecule has 0 aliphatic carbocycles. The molecular formula is C9H8FN3O2S2. The lowest BCUT2D eigenvalue weighted by molar-refractivity contribution is 0.425. The van der Waals surface area contributed by atoms with Crippen molar-refractivity contribution in [2.45, 2.75) is 11.8 Å². The predicted molar refractivity (Wildman–Crippen MR) is 61.5 cm³/mol. The molecule has 0 unspecified atom stereocenters. The van der Waals surface area contributed by atoms with Crippen molar-refractivity contribution >= 4 is 21.6 Å². The van der Waals surface area contributed by atoms with Gasteiger partial charge in [0.15, 0.2) is 0 Å². The third-order valence-electron chi connectivity index (χ3n) is 2.04. The number of hydrogen-bond acceptors (Lipinski definition) is 5. The number of benzene rings is 1. The van der Waals surface area contributed by atoms with Crippen LogP contribution in [0.5, 0.6) is 0 Å². The molecule has 1 heterocycles. The van der Waals surface area contributed by atoms with Crippen LogP contribution in [0.2, 0.25) is 0 Å². The van der Waals surface area contributed by atoms with Crippen molar-refractivity contribution in [2.24, 2.45) is 0 Å².